The van der Waals surface area contributed by atoms with Crippen molar-refractivity contribution in [1.82, 2.24) is 4.98 Å². The van der Waals surface area contributed by atoms with E-state index in [9.17, 15) is 4.79 Å². The van der Waals surface area contributed by atoms with Crippen LogP contribution in [0.1, 0.15) is 21.5 Å². The van der Waals surface area contributed by atoms with Crippen LogP contribution in [0.25, 0.3) is 10.8 Å². The zero-order valence-corrected chi connectivity index (χ0v) is 10.7. The van der Waals surface area contributed by atoms with Gasteiger partial charge in [0.25, 0.3) is 0 Å². The predicted octanol–water partition coefficient (Wildman–Crippen LogP) is 3.84. The van der Waals surface area contributed by atoms with E-state index in [-0.39, 0.29) is 5.78 Å². The van der Waals surface area contributed by atoms with E-state index in [1.807, 2.05) is 41.9 Å². The van der Waals surface area contributed by atoms with Gasteiger partial charge in [-0.05, 0) is 29.3 Å². The first-order valence-electron chi connectivity index (χ1n) is 5.67. The second kappa shape index (κ2) is 4.35. The van der Waals surface area contributed by atoms with Gasteiger partial charge in [0, 0.05) is 34.3 Å². The van der Waals surface area contributed by atoms with Crippen molar-refractivity contribution in [2.45, 2.75) is 6.92 Å². The number of benzene rings is 1. The van der Waals surface area contributed by atoms with Gasteiger partial charge in [-0.25, -0.2) is 0 Å². The van der Waals surface area contributed by atoms with Crippen LogP contribution in [0.2, 0.25) is 0 Å². The van der Waals surface area contributed by atoms with E-state index in [2.05, 4.69) is 4.98 Å². The molecule has 0 amide bonds. The number of hydrogen-bond donors (Lipinski definition) is 0. The molecule has 0 aliphatic carbocycles. The molecule has 0 radical (unpaired) electrons. The van der Waals surface area contributed by atoms with Crippen molar-refractivity contribution >= 4 is 27.9 Å². The maximum atomic E-state index is 12.5. The van der Waals surface area contributed by atoms with Crippen LogP contribution in [0.3, 0.4) is 0 Å². The van der Waals surface area contributed by atoms with E-state index in [0.717, 1.165) is 27.5 Å². The van der Waals surface area contributed by atoms with Gasteiger partial charge in [-0.3, -0.25) is 9.78 Å². The summed E-state index contributed by atoms with van der Waals surface area (Å²) < 4.78 is 0. The van der Waals surface area contributed by atoms with Crippen molar-refractivity contribution in [2.24, 2.45) is 0 Å². The molecule has 0 fully saturated rings. The lowest BCUT2D eigenvalue weighted by Gasteiger charge is -2.04. The van der Waals surface area contributed by atoms with Gasteiger partial charge in [0.2, 0.25) is 0 Å². The van der Waals surface area contributed by atoms with Gasteiger partial charge in [-0.15, -0.1) is 0 Å². The summed E-state index contributed by atoms with van der Waals surface area (Å²) >= 11 is 1.56. The van der Waals surface area contributed by atoms with Crippen LogP contribution in [0.4, 0.5) is 0 Å². The van der Waals surface area contributed by atoms with Crippen LogP contribution in [-0.4, -0.2) is 10.8 Å². The molecule has 88 valence electrons. The van der Waals surface area contributed by atoms with E-state index in [4.69, 9.17) is 0 Å². The molecule has 0 aliphatic rings. The van der Waals surface area contributed by atoms with Crippen molar-refractivity contribution < 1.29 is 4.79 Å². The number of pyridine rings is 1. The standard InChI is InChI=1S/C15H11NOS/c1-10-8-18-9-14(10)15(17)12-4-2-3-11-5-6-16-7-13(11)12/h2-9H,1H3. The predicted molar refractivity (Wildman–Crippen MR) is 74.2 cm³/mol. The van der Waals surface area contributed by atoms with Crippen molar-refractivity contribution in [2.75, 3.05) is 0 Å². The second-order valence-corrected chi connectivity index (χ2v) is 4.94. The van der Waals surface area contributed by atoms with E-state index in [1.54, 1.807) is 23.7 Å². The van der Waals surface area contributed by atoms with Crippen LogP contribution < -0.4 is 0 Å². The number of thiophene rings is 1. The molecular formula is C15H11NOS. The number of ketones is 1. The Bertz CT molecular complexity index is 725. The smallest absolute Gasteiger partial charge is 0.194 e. The summed E-state index contributed by atoms with van der Waals surface area (Å²) in [5, 5.41) is 5.86. The minimum Gasteiger partial charge on any atom is -0.289 e. The zero-order chi connectivity index (χ0) is 12.5. The zero-order valence-electron chi connectivity index (χ0n) is 9.88. The Balaban J connectivity index is 2.21. The minimum atomic E-state index is 0.0763. The summed E-state index contributed by atoms with van der Waals surface area (Å²) in [6, 6.07) is 7.70. The fourth-order valence-electron chi connectivity index (χ4n) is 2.05. The van der Waals surface area contributed by atoms with E-state index >= 15 is 0 Å². The molecule has 0 bridgehead atoms. The van der Waals surface area contributed by atoms with Gasteiger partial charge in [0.15, 0.2) is 5.78 Å². The molecule has 0 spiro atoms. The fourth-order valence-corrected chi connectivity index (χ4v) is 2.88. The Morgan fingerprint density at radius 1 is 1.17 bits per heavy atom. The third-order valence-corrected chi connectivity index (χ3v) is 3.89. The fraction of sp³-hybridized carbons (Fsp3) is 0.0667. The van der Waals surface area contributed by atoms with Crippen LogP contribution in [-0.2, 0) is 0 Å². The highest BCUT2D eigenvalue weighted by atomic mass is 32.1. The quantitative estimate of drug-likeness (QED) is 0.649. The number of aromatic nitrogens is 1. The third-order valence-electron chi connectivity index (χ3n) is 3.03. The number of carbonyl (C=O) groups excluding carboxylic acids is 1. The van der Waals surface area contributed by atoms with Crippen molar-refractivity contribution in [3.8, 4) is 0 Å². The SMILES string of the molecule is Cc1cscc1C(=O)c1cccc2ccncc12. The molecule has 0 saturated heterocycles. The maximum Gasteiger partial charge on any atom is 0.194 e. The summed E-state index contributed by atoms with van der Waals surface area (Å²) in [6.45, 7) is 1.97. The first-order chi connectivity index (χ1) is 8.77. The lowest BCUT2D eigenvalue weighted by Crippen LogP contribution is -2.02. The molecule has 0 N–H and O–H groups in total. The summed E-state index contributed by atoms with van der Waals surface area (Å²) in [5.41, 5.74) is 2.55. The normalized spacial score (nSPS) is 10.7. The summed E-state index contributed by atoms with van der Waals surface area (Å²) in [6.07, 6.45) is 3.50. The lowest BCUT2D eigenvalue weighted by atomic mass is 9.98. The highest BCUT2D eigenvalue weighted by Gasteiger charge is 2.14. The molecule has 2 aromatic heterocycles. The first kappa shape index (κ1) is 11.1. The molecule has 0 saturated carbocycles. The topological polar surface area (TPSA) is 30.0 Å². The molecule has 2 heterocycles. The average Bonchev–Trinajstić information content (AvgIpc) is 2.83. The van der Waals surface area contributed by atoms with Crippen molar-refractivity contribution in [3.05, 3.63) is 64.1 Å². The molecule has 3 rings (SSSR count). The Kier molecular flexibility index (Phi) is 2.68. The largest absolute Gasteiger partial charge is 0.289 e. The average molecular weight is 253 g/mol. The van der Waals surface area contributed by atoms with E-state index < -0.39 is 0 Å². The summed E-state index contributed by atoms with van der Waals surface area (Å²) in [4.78, 5) is 16.6. The molecule has 3 aromatic rings. The van der Waals surface area contributed by atoms with Crippen LogP contribution >= 0.6 is 11.3 Å². The van der Waals surface area contributed by atoms with Crippen molar-refractivity contribution in [1.29, 1.82) is 0 Å². The van der Waals surface area contributed by atoms with Crippen LogP contribution in [0, 0.1) is 6.92 Å². The monoisotopic (exact) mass is 253 g/mol. The van der Waals surface area contributed by atoms with Gasteiger partial charge in [-0.1, -0.05) is 18.2 Å². The molecule has 3 heteroatoms. The highest BCUT2D eigenvalue weighted by molar-refractivity contribution is 7.08. The lowest BCUT2D eigenvalue weighted by molar-refractivity contribution is 0.104. The summed E-state index contributed by atoms with van der Waals surface area (Å²) in [5.74, 6) is 0.0763. The Hall–Kier alpha value is -2.00. The number of rotatable bonds is 2. The molecule has 0 atom stereocenters. The van der Waals surface area contributed by atoms with Gasteiger partial charge in [-0.2, -0.15) is 11.3 Å². The number of hydrogen-bond acceptors (Lipinski definition) is 3. The third kappa shape index (κ3) is 1.73. The number of fused-ring (bicyclic) bond motifs is 1. The molecule has 0 aliphatic heterocycles. The molecule has 18 heavy (non-hydrogen) atoms. The Labute approximate surface area is 109 Å². The van der Waals surface area contributed by atoms with Gasteiger partial charge >= 0.3 is 0 Å². The number of aryl methyl sites for hydroxylation is 1. The van der Waals surface area contributed by atoms with Gasteiger partial charge < -0.3 is 0 Å². The molecule has 1 aromatic carbocycles. The summed E-state index contributed by atoms with van der Waals surface area (Å²) in [7, 11) is 0. The van der Waals surface area contributed by atoms with Gasteiger partial charge in [0.05, 0.1) is 0 Å². The maximum absolute atomic E-state index is 12.5. The Morgan fingerprint density at radius 2 is 2.06 bits per heavy atom. The van der Waals surface area contributed by atoms with E-state index in [1.165, 1.54) is 0 Å². The molecule has 2 nitrogen and oxygen atoms in total. The first-order valence-corrected chi connectivity index (χ1v) is 6.62. The molecule has 0 unspecified atom stereocenters. The highest BCUT2D eigenvalue weighted by Crippen LogP contribution is 2.23. The second-order valence-electron chi connectivity index (χ2n) is 4.20. The van der Waals surface area contributed by atoms with Crippen LogP contribution in [0.15, 0.2) is 47.4 Å². The Morgan fingerprint density at radius 3 is 2.83 bits per heavy atom. The number of carbonyl (C=O) groups is 1. The van der Waals surface area contributed by atoms with E-state index in [0.29, 0.717) is 0 Å². The number of nitrogens with zero attached hydrogens (tertiary/aromatic N) is 1. The molecular weight excluding hydrogens is 242 g/mol. The minimum absolute atomic E-state index is 0.0763. The van der Waals surface area contributed by atoms with Crippen LogP contribution in [0.5, 0.6) is 0 Å². The van der Waals surface area contributed by atoms with Crippen molar-refractivity contribution in [3.63, 3.8) is 0 Å². The van der Waals surface area contributed by atoms with Gasteiger partial charge in [0.1, 0.15) is 0 Å².